The van der Waals surface area contributed by atoms with Gasteiger partial charge in [0.2, 0.25) is 5.78 Å². The normalized spacial score (nSPS) is 11.7. The smallest absolute Gasteiger partial charge is 0.221 e. The lowest BCUT2D eigenvalue weighted by Crippen LogP contribution is -2.04. The van der Waals surface area contributed by atoms with Crippen molar-refractivity contribution in [2.24, 2.45) is 0 Å². The lowest BCUT2D eigenvalue weighted by atomic mass is 10.1. The van der Waals surface area contributed by atoms with Crippen molar-refractivity contribution in [2.75, 3.05) is 0 Å². The topological polar surface area (TPSA) is 65.8 Å². The van der Waals surface area contributed by atoms with Crippen molar-refractivity contribution in [3.8, 4) is 45.5 Å². The molecule has 0 spiro atoms. The van der Waals surface area contributed by atoms with Crippen LogP contribution in [-0.4, -0.2) is 33.5 Å². The zero-order chi connectivity index (χ0) is 32.3. The number of rotatable bonds is 5. The van der Waals surface area contributed by atoms with E-state index in [0.29, 0.717) is 17.5 Å². The summed E-state index contributed by atoms with van der Waals surface area (Å²) in [7, 11) is 0. The molecule has 230 valence electrons. The number of para-hydroxylation sites is 5. The summed E-state index contributed by atoms with van der Waals surface area (Å²) in [6.07, 6.45) is 0. The Bertz CT molecular complexity index is 2760. The van der Waals surface area contributed by atoms with Gasteiger partial charge in [0.1, 0.15) is 5.52 Å². The van der Waals surface area contributed by atoms with Gasteiger partial charge in [-0.25, -0.2) is 19.9 Å². The monoisotopic (exact) mass is 629 g/mol. The van der Waals surface area contributed by atoms with Crippen molar-refractivity contribution in [3.63, 3.8) is 0 Å². The van der Waals surface area contributed by atoms with E-state index in [4.69, 9.17) is 19.9 Å². The van der Waals surface area contributed by atoms with Gasteiger partial charge in [0, 0.05) is 27.8 Å². The Morgan fingerprint density at radius 3 is 1.67 bits per heavy atom. The molecule has 4 aromatic heterocycles. The number of benzene rings is 6. The zero-order valence-corrected chi connectivity index (χ0v) is 26.2. The van der Waals surface area contributed by atoms with Gasteiger partial charge in [0.15, 0.2) is 23.1 Å². The molecule has 0 aliphatic carbocycles. The van der Waals surface area contributed by atoms with Crippen molar-refractivity contribution in [1.82, 2.24) is 33.5 Å². The molecule has 7 heteroatoms. The van der Waals surface area contributed by atoms with Crippen LogP contribution in [0.5, 0.6) is 0 Å². The molecule has 0 saturated carbocycles. The van der Waals surface area contributed by atoms with Crippen molar-refractivity contribution >= 4 is 38.9 Å². The second-order valence-electron chi connectivity index (χ2n) is 12.0. The highest BCUT2D eigenvalue weighted by molar-refractivity contribution is 6.10. The van der Waals surface area contributed by atoms with Crippen LogP contribution in [0, 0.1) is 0 Å². The number of hydrogen-bond acceptors (Lipinski definition) is 4. The largest absolute Gasteiger partial charge is 0.294 e. The van der Waals surface area contributed by atoms with E-state index in [0.717, 1.165) is 66.9 Å². The maximum atomic E-state index is 5.27. The maximum Gasteiger partial charge on any atom is 0.221 e. The van der Waals surface area contributed by atoms with Crippen LogP contribution >= 0.6 is 0 Å². The highest BCUT2D eigenvalue weighted by atomic mass is 15.3. The number of fused-ring (bicyclic) bond motifs is 7. The lowest BCUT2D eigenvalue weighted by molar-refractivity contribution is 1.06. The first kappa shape index (κ1) is 27.3. The molecule has 0 fully saturated rings. The van der Waals surface area contributed by atoms with Gasteiger partial charge in [-0.2, -0.15) is 0 Å². The predicted octanol–water partition coefficient (Wildman–Crippen LogP) is 9.56. The Kier molecular flexibility index (Phi) is 6.04. The molecule has 0 unspecified atom stereocenters. The van der Waals surface area contributed by atoms with Gasteiger partial charge in [-0.05, 0) is 42.5 Å². The summed E-state index contributed by atoms with van der Waals surface area (Å²) in [5.74, 6) is 2.64. The van der Waals surface area contributed by atoms with E-state index in [1.807, 2.05) is 72.8 Å². The van der Waals surface area contributed by atoms with E-state index in [9.17, 15) is 0 Å². The molecule has 6 aromatic carbocycles. The fourth-order valence-electron chi connectivity index (χ4n) is 6.96. The molecule has 7 nitrogen and oxygen atoms in total. The average molecular weight is 630 g/mol. The Morgan fingerprint density at radius 1 is 0.408 bits per heavy atom. The molecule has 4 heterocycles. The Labute approximate surface area is 281 Å². The zero-order valence-electron chi connectivity index (χ0n) is 26.2. The van der Waals surface area contributed by atoms with Crippen LogP contribution in [0.3, 0.4) is 0 Å². The van der Waals surface area contributed by atoms with Gasteiger partial charge in [0.25, 0.3) is 0 Å². The first-order valence-corrected chi connectivity index (χ1v) is 16.3. The third-order valence-electron chi connectivity index (χ3n) is 9.10. The highest BCUT2D eigenvalue weighted by Gasteiger charge is 2.26. The molecular formula is C42H27N7. The van der Waals surface area contributed by atoms with Crippen molar-refractivity contribution in [1.29, 1.82) is 0 Å². The molecule has 0 amide bonds. The summed E-state index contributed by atoms with van der Waals surface area (Å²) >= 11 is 0. The summed E-state index contributed by atoms with van der Waals surface area (Å²) in [5.41, 5.74) is 9.91. The van der Waals surface area contributed by atoms with E-state index in [1.165, 1.54) is 0 Å². The minimum Gasteiger partial charge on any atom is -0.294 e. The van der Waals surface area contributed by atoms with Gasteiger partial charge in [-0.3, -0.25) is 13.5 Å². The van der Waals surface area contributed by atoms with E-state index in [2.05, 4.69) is 105 Å². The van der Waals surface area contributed by atoms with Crippen molar-refractivity contribution in [2.45, 2.75) is 0 Å². The van der Waals surface area contributed by atoms with Gasteiger partial charge < -0.3 is 0 Å². The molecular weight excluding hydrogens is 603 g/mol. The van der Waals surface area contributed by atoms with Crippen LogP contribution in [0.4, 0.5) is 0 Å². The number of nitrogens with zero attached hydrogens (tertiary/aromatic N) is 7. The second-order valence-corrected chi connectivity index (χ2v) is 12.0. The molecule has 0 aliphatic rings. The SMILES string of the molecule is c1ccc(-c2nc(-c3ccccc3)nc(-c3ccccc3-n3c4c5ccccc5n(-c5ccccc5)c4n4c5ccccc5nc34)n2)cc1. The number of imidazole rings is 2. The Hall–Kier alpha value is -6.86. The Balaban J connectivity index is 1.33. The molecule has 49 heavy (non-hydrogen) atoms. The third-order valence-corrected chi connectivity index (χ3v) is 9.10. The standard InChI is InChI=1S/C42H27N7/c1-4-16-28(17-5-1)38-44-39(29-18-6-2-7-19-29)46-40(45-38)32-23-11-14-26-35(32)48-37-31-22-10-13-25-34(31)47(30-20-8-3-9-21-30)41(37)49-36-27-15-12-24-33(36)43-42(48)49/h1-27H. The summed E-state index contributed by atoms with van der Waals surface area (Å²) in [4.78, 5) is 20.5. The van der Waals surface area contributed by atoms with Gasteiger partial charge in [0.05, 0.1) is 22.2 Å². The van der Waals surface area contributed by atoms with Crippen molar-refractivity contribution < 1.29 is 0 Å². The summed E-state index contributed by atoms with van der Waals surface area (Å²) in [6.45, 7) is 0. The maximum absolute atomic E-state index is 5.27. The molecule has 10 rings (SSSR count). The lowest BCUT2D eigenvalue weighted by Gasteiger charge is -2.13. The first-order chi connectivity index (χ1) is 24.3. The van der Waals surface area contributed by atoms with Crippen LogP contribution in [0.2, 0.25) is 0 Å². The first-order valence-electron chi connectivity index (χ1n) is 16.3. The summed E-state index contributed by atoms with van der Waals surface area (Å²) in [6, 6.07) is 56.0. The van der Waals surface area contributed by atoms with Gasteiger partial charge >= 0.3 is 0 Å². The minimum atomic E-state index is 0.589. The number of aromatic nitrogens is 7. The number of hydrogen-bond donors (Lipinski definition) is 0. The molecule has 0 atom stereocenters. The quantitative estimate of drug-likeness (QED) is 0.190. The summed E-state index contributed by atoms with van der Waals surface area (Å²) in [5, 5.41) is 1.12. The van der Waals surface area contributed by atoms with E-state index >= 15 is 0 Å². The Morgan fingerprint density at radius 2 is 0.959 bits per heavy atom. The predicted molar refractivity (Wildman–Crippen MR) is 196 cm³/mol. The van der Waals surface area contributed by atoms with Gasteiger partial charge in [-0.1, -0.05) is 121 Å². The van der Waals surface area contributed by atoms with Crippen LogP contribution in [0.1, 0.15) is 0 Å². The van der Waals surface area contributed by atoms with E-state index in [-0.39, 0.29) is 0 Å². The minimum absolute atomic E-state index is 0.589. The molecule has 0 radical (unpaired) electrons. The molecule has 10 aromatic rings. The molecule has 0 bridgehead atoms. The molecule has 0 saturated heterocycles. The fourth-order valence-corrected chi connectivity index (χ4v) is 6.96. The van der Waals surface area contributed by atoms with Crippen molar-refractivity contribution in [3.05, 3.63) is 164 Å². The van der Waals surface area contributed by atoms with Gasteiger partial charge in [-0.15, -0.1) is 0 Å². The molecule has 0 N–H and O–H groups in total. The van der Waals surface area contributed by atoms with E-state index in [1.54, 1.807) is 0 Å². The van der Waals surface area contributed by atoms with Crippen LogP contribution in [-0.2, 0) is 0 Å². The van der Waals surface area contributed by atoms with E-state index < -0.39 is 0 Å². The fraction of sp³-hybridized carbons (Fsp3) is 0. The van der Waals surface area contributed by atoms with Crippen LogP contribution < -0.4 is 0 Å². The second kappa shape index (κ2) is 10.9. The van der Waals surface area contributed by atoms with Crippen LogP contribution in [0.15, 0.2) is 164 Å². The third kappa shape index (κ3) is 4.22. The highest BCUT2D eigenvalue weighted by Crippen LogP contribution is 2.40. The molecule has 0 aliphatic heterocycles. The average Bonchev–Trinajstić information content (AvgIpc) is 3.82. The van der Waals surface area contributed by atoms with Crippen LogP contribution in [0.25, 0.3) is 84.4 Å². The summed E-state index contributed by atoms with van der Waals surface area (Å²) < 4.78 is 6.90.